The molecule has 4 nitrogen and oxygen atoms in total. The smallest absolute Gasteiger partial charge is 0.376 e. The molecule has 2 aromatic rings. The van der Waals surface area contributed by atoms with Crippen molar-refractivity contribution in [3.05, 3.63) is 47.5 Å². The van der Waals surface area contributed by atoms with Crippen LogP contribution >= 0.6 is 0 Å². The van der Waals surface area contributed by atoms with Crippen LogP contribution in [0, 0.1) is 6.92 Å². The summed E-state index contributed by atoms with van der Waals surface area (Å²) in [6, 6.07) is 10.1. The first-order chi connectivity index (χ1) is 12.6. The van der Waals surface area contributed by atoms with Crippen LogP contribution in [-0.2, 0) is 10.1 Å². The lowest BCUT2D eigenvalue weighted by Gasteiger charge is -2.24. The minimum Gasteiger partial charge on any atom is -0.376 e. The van der Waals surface area contributed by atoms with E-state index in [-0.39, 0.29) is 11.5 Å². The molecular weight excluding hydrogens is 409 g/mol. The van der Waals surface area contributed by atoms with E-state index in [0.29, 0.717) is 21.9 Å². The van der Waals surface area contributed by atoms with Crippen LogP contribution < -0.4 is 9.37 Å². The van der Waals surface area contributed by atoms with Crippen molar-refractivity contribution < 1.29 is 30.6 Å². The Kier molecular flexibility index (Phi) is 5.83. The second-order valence-corrected chi connectivity index (χ2v) is 14.1. The van der Waals surface area contributed by atoms with Crippen molar-refractivity contribution in [3.63, 3.8) is 0 Å². The SMILES string of the molecule is CC(=O)c1ccc(-c2cc(C)c(OS(=O)(=O)C(F)(F)F)c([Si](C)(C)C)c2)cc1. The molecule has 0 heterocycles. The topological polar surface area (TPSA) is 60.4 Å². The zero-order valence-corrected chi connectivity index (χ0v) is 18.0. The minimum absolute atomic E-state index is 0.0772. The molecule has 0 aromatic heterocycles. The molecule has 0 unspecified atom stereocenters. The molecule has 9 heteroatoms. The fourth-order valence-corrected chi connectivity index (χ4v) is 4.79. The summed E-state index contributed by atoms with van der Waals surface area (Å²) in [6.07, 6.45) is 0. The number of halogens is 3. The number of benzene rings is 2. The minimum atomic E-state index is -5.76. The molecule has 0 spiro atoms. The molecule has 152 valence electrons. The number of ketones is 1. The van der Waals surface area contributed by atoms with Gasteiger partial charge in [-0.05, 0) is 41.8 Å². The highest BCUT2D eigenvalue weighted by Gasteiger charge is 2.49. The van der Waals surface area contributed by atoms with Crippen molar-refractivity contribution in [2.24, 2.45) is 0 Å². The Morgan fingerprint density at radius 1 is 1.00 bits per heavy atom. The molecule has 2 rings (SSSR count). The monoisotopic (exact) mass is 430 g/mol. The van der Waals surface area contributed by atoms with Crippen LogP contribution in [0.25, 0.3) is 11.1 Å². The number of hydrogen-bond acceptors (Lipinski definition) is 4. The van der Waals surface area contributed by atoms with E-state index in [1.54, 1.807) is 36.4 Å². The van der Waals surface area contributed by atoms with Crippen molar-refractivity contribution in [2.75, 3.05) is 0 Å². The highest BCUT2D eigenvalue weighted by atomic mass is 32.2. The van der Waals surface area contributed by atoms with Crippen molar-refractivity contribution >= 4 is 29.2 Å². The largest absolute Gasteiger partial charge is 0.534 e. The quantitative estimate of drug-likeness (QED) is 0.300. The first kappa shape index (κ1) is 22.2. The molecule has 0 aliphatic carbocycles. The van der Waals surface area contributed by atoms with Gasteiger partial charge in [0, 0.05) is 5.56 Å². The number of aryl methyl sites for hydroxylation is 1. The summed E-state index contributed by atoms with van der Waals surface area (Å²) in [4.78, 5) is 11.4. The highest BCUT2D eigenvalue weighted by Crippen LogP contribution is 2.32. The van der Waals surface area contributed by atoms with E-state index >= 15 is 0 Å². The molecule has 0 atom stereocenters. The number of alkyl halides is 3. The van der Waals surface area contributed by atoms with Crippen molar-refractivity contribution in [3.8, 4) is 16.9 Å². The summed E-state index contributed by atoms with van der Waals surface area (Å²) in [6.45, 7) is 8.63. The summed E-state index contributed by atoms with van der Waals surface area (Å²) in [7, 11) is -8.04. The number of hydrogen-bond donors (Lipinski definition) is 0. The standard InChI is InChI=1S/C19H21F3O4SSi/c1-12-10-16(15-8-6-14(7-9-15)13(2)23)11-17(28(3,4)5)18(12)26-27(24,25)19(20,21)22/h6-11H,1-5H3. The third-order valence-corrected chi connectivity index (χ3v) is 7.12. The third kappa shape index (κ3) is 4.64. The van der Waals surface area contributed by atoms with Gasteiger partial charge in [-0.1, -0.05) is 50.0 Å². The lowest BCUT2D eigenvalue weighted by atomic mass is 10.0. The molecular formula is C19H21F3O4SSi. The predicted molar refractivity (Wildman–Crippen MR) is 105 cm³/mol. The van der Waals surface area contributed by atoms with Gasteiger partial charge in [-0.2, -0.15) is 21.6 Å². The van der Waals surface area contributed by atoms with Crippen LogP contribution in [0.5, 0.6) is 5.75 Å². The molecule has 0 radical (unpaired) electrons. The van der Waals surface area contributed by atoms with Crippen LogP contribution in [0.1, 0.15) is 22.8 Å². The van der Waals surface area contributed by atoms with E-state index in [1.807, 2.05) is 19.6 Å². The van der Waals surface area contributed by atoms with Crippen molar-refractivity contribution in [2.45, 2.75) is 39.0 Å². The van der Waals surface area contributed by atoms with Gasteiger partial charge in [-0.25, -0.2) is 0 Å². The van der Waals surface area contributed by atoms with E-state index in [4.69, 9.17) is 0 Å². The third-order valence-electron chi connectivity index (χ3n) is 4.18. The van der Waals surface area contributed by atoms with Gasteiger partial charge in [0.05, 0.1) is 8.07 Å². The summed E-state index contributed by atoms with van der Waals surface area (Å²) in [5.74, 6) is -0.341. The van der Waals surface area contributed by atoms with Crippen molar-refractivity contribution in [1.82, 2.24) is 0 Å². The van der Waals surface area contributed by atoms with E-state index < -0.39 is 23.7 Å². The number of carbonyl (C=O) groups is 1. The van der Waals surface area contributed by atoms with Gasteiger partial charge in [0.2, 0.25) is 0 Å². The first-order valence-electron chi connectivity index (χ1n) is 8.41. The molecule has 0 N–H and O–H groups in total. The van der Waals surface area contributed by atoms with Gasteiger partial charge in [-0.15, -0.1) is 0 Å². The van der Waals surface area contributed by atoms with Gasteiger partial charge < -0.3 is 4.18 Å². The first-order valence-corrected chi connectivity index (χ1v) is 13.3. The molecule has 0 fully saturated rings. The maximum atomic E-state index is 12.8. The zero-order valence-electron chi connectivity index (χ0n) is 16.1. The van der Waals surface area contributed by atoms with Crippen LogP contribution in [0.3, 0.4) is 0 Å². The fourth-order valence-electron chi connectivity index (χ4n) is 2.66. The molecule has 2 aromatic carbocycles. The lowest BCUT2D eigenvalue weighted by molar-refractivity contribution is -0.0499. The normalized spacial score (nSPS) is 12.7. The van der Waals surface area contributed by atoms with Gasteiger partial charge in [-0.3, -0.25) is 4.79 Å². The fraction of sp³-hybridized carbons (Fsp3) is 0.316. The summed E-state index contributed by atoms with van der Waals surface area (Å²) in [5, 5.41) is 0.464. The second-order valence-electron chi connectivity index (χ2n) is 7.54. The van der Waals surface area contributed by atoms with Gasteiger partial charge in [0.1, 0.15) is 5.75 Å². The molecule has 0 bridgehead atoms. The van der Waals surface area contributed by atoms with E-state index in [1.165, 1.54) is 13.8 Å². The average molecular weight is 431 g/mol. The molecule has 0 amide bonds. The van der Waals surface area contributed by atoms with E-state index in [0.717, 1.165) is 5.56 Å². The Labute approximate surface area is 163 Å². The second kappa shape index (κ2) is 7.36. The maximum absolute atomic E-state index is 12.8. The van der Waals surface area contributed by atoms with Crippen LogP contribution in [0.15, 0.2) is 36.4 Å². The van der Waals surface area contributed by atoms with Crippen LogP contribution in [0.2, 0.25) is 19.6 Å². The number of carbonyl (C=O) groups excluding carboxylic acids is 1. The van der Waals surface area contributed by atoms with Gasteiger partial charge >= 0.3 is 15.6 Å². The summed E-state index contributed by atoms with van der Waals surface area (Å²) < 4.78 is 66.0. The number of rotatable bonds is 5. The van der Waals surface area contributed by atoms with E-state index in [9.17, 15) is 26.4 Å². The maximum Gasteiger partial charge on any atom is 0.534 e. The molecule has 0 saturated carbocycles. The predicted octanol–water partition coefficient (Wildman–Crippen LogP) is 4.64. The van der Waals surface area contributed by atoms with Crippen LogP contribution in [-0.4, -0.2) is 27.8 Å². The summed E-state index contributed by atoms with van der Waals surface area (Å²) >= 11 is 0. The molecule has 28 heavy (non-hydrogen) atoms. The Hall–Kier alpha value is -2.13. The number of Topliss-reactive ketones (excluding diaryl/α,β-unsaturated/α-hetero) is 1. The Morgan fingerprint density at radius 3 is 1.96 bits per heavy atom. The van der Waals surface area contributed by atoms with Crippen LogP contribution in [0.4, 0.5) is 13.2 Å². The Morgan fingerprint density at radius 2 is 1.54 bits per heavy atom. The van der Waals surface area contributed by atoms with Crippen molar-refractivity contribution in [1.29, 1.82) is 0 Å². The molecule has 0 aliphatic heterocycles. The molecule has 0 saturated heterocycles. The van der Waals surface area contributed by atoms with Gasteiger partial charge in [0.15, 0.2) is 5.78 Å². The Balaban J connectivity index is 2.63. The Bertz CT molecular complexity index is 1010. The summed E-state index contributed by atoms with van der Waals surface area (Å²) in [5.41, 5.74) is -3.20. The van der Waals surface area contributed by atoms with E-state index in [2.05, 4.69) is 4.18 Å². The highest BCUT2D eigenvalue weighted by molar-refractivity contribution is 7.88. The lowest BCUT2D eigenvalue weighted by Crippen LogP contribution is -2.41. The zero-order chi connectivity index (χ0) is 21.5. The average Bonchev–Trinajstić information content (AvgIpc) is 2.54. The molecule has 0 aliphatic rings. The van der Waals surface area contributed by atoms with Gasteiger partial charge in [0.25, 0.3) is 0 Å².